The van der Waals surface area contributed by atoms with Gasteiger partial charge in [-0.25, -0.2) is 0 Å². The second kappa shape index (κ2) is 4.16. The van der Waals surface area contributed by atoms with Crippen molar-refractivity contribution < 1.29 is 23.1 Å². The van der Waals surface area contributed by atoms with E-state index in [4.69, 9.17) is 5.11 Å². The Hall–Kier alpha value is -0.780. The molecular weight excluding hydrogens is 199 g/mol. The highest BCUT2D eigenvalue weighted by molar-refractivity contribution is 5.70. The fourth-order valence-corrected chi connectivity index (χ4v) is 1.70. The van der Waals surface area contributed by atoms with E-state index in [-0.39, 0.29) is 19.5 Å². The lowest BCUT2D eigenvalue weighted by atomic mass is 9.88. The van der Waals surface area contributed by atoms with Crippen LogP contribution in [0.25, 0.3) is 0 Å². The van der Waals surface area contributed by atoms with Gasteiger partial charge in [0.15, 0.2) is 0 Å². The van der Waals surface area contributed by atoms with E-state index in [2.05, 4.69) is 5.32 Å². The maximum atomic E-state index is 12.0. The first kappa shape index (κ1) is 11.3. The van der Waals surface area contributed by atoms with Gasteiger partial charge in [0.25, 0.3) is 0 Å². The molecule has 2 atom stereocenters. The number of carboxylic acid groups (broad SMARTS) is 1. The molecule has 2 unspecified atom stereocenters. The Bertz CT molecular complexity index is 217. The van der Waals surface area contributed by atoms with E-state index in [0.717, 1.165) is 0 Å². The number of alkyl halides is 3. The topological polar surface area (TPSA) is 49.3 Å². The highest BCUT2D eigenvalue weighted by Gasteiger charge is 2.35. The number of piperidine rings is 1. The molecule has 82 valence electrons. The van der Waals surface area contributed by atoms with Crippen molar-refractivity contribution in [1.29, 1.82) is 0 Å². The number of carbonyl (C=O) groups is 1. The predicted octanol–water partition coefficient (Wildman–Crippen LogP) is 1.25. The number of hydrogen-bond donors (Lipinski definition) is 2. The molecule has 14 heavy (non-hydrogen) atoms. The third-order valence-corrected chi connectivity index (χ3v) is 2.31. The average Bonchev–Trinajstić information content (AvgIpc) is 2.01. The van der Waals surface area contributed by atoms with E-state index in [0.29, 0.717) is 0 Å². The van der Waals surface area contributed by atoms with E-state index < -0.39 is 30.4 Å². The van der Waals surface area contributed by atoms with Crippen LogP contribution in [0.2, 0.25) is 0 Å². The zero-order valence-corrected chi connectivity index (χ0v) is 7.47. The number of aliphatic carboxylic acids is 1. The Morgan fingerprint density at radius 2 is 2.07 bits per heavy atom. The molecule has 0 aliphatic carbocycles. The summed E-state index contributed by atoms with van der Waals surface area (Å²) < 4.78 is 36.0. The van der Waals surface area contributed by atoms with E-state index in [1.807, 2.05) is 0 Å². The first-order valence-electron chi connectivity index (χ1n) is 4.39. The van der Waals surface area contributed by atoms with Gasteiger partial charge < -0.3 is 10.4 Å². The summed E-state index contributed by atoms with van der Waals surface area (Å²) in [7, 11) is 0. The second-order valence-electron chi connectivity index (χ2n) is 3.61. The molecule has 1 fully saturated rings. The van der Waals surface area contributed by atoms with E-state index in [1.165, 1.54) is 0 Å². The van der Waals surface area contributed by atoms with Gasteiger partial charge in [-0.1, -0.05) is 0 Å². The van der Waals surface area contributed by atoms with Crippen LogP contribution in [0.15, 0.2) is 0 Å². The molecule has 0 aromatic carbocycles. The molecule has 1 aliphatic rings. The quantitative estimate of drug-likeness (QED) is 0.722. The molecule has 0 radical (unpaired) electrons. The van der Waals surface area contributed by atoms with Crippen molar-refractivity contribution in [2.75, 3.05) is 13.1 Å². The summed E-state index contributed by atoms with van der Waals surface area (Å²) in [5.74, 6) is -2.31. The number of carboxylic acids is 1. The van der Waals surface area contributed by atoms with Crippen molar-refractivity contribution in [3.63, 3.8) is 0 Å². The Morgan fingerprint density at radius 3 is 2.57 bits per heavy atom. The van der Waals surface area contributed by atoms with Gasteiger partial charge in [0.2, 0.25) is 0 Å². The number of hydrogen-bond acceptors (Lipinski definition) is 2. The van der Waals surface area contributed by atoms with Gasteiger partial charge in [-0.3, -0.25) is 4.79 Å². The van der Waals surface area contributed by atoms with E-state index >= 15 is 0 Å². The molecular formula is C8H12F3NO2. The van der Waals surface area contributed by atoms with Crippen molar-refractivity contribution in [3.8, 4) is 0 Å². The highest BCUT2D eigenvalue weighted by atomic mass is 19.4. The van der Waals surface area contributed by atoms with Crippen LogP contribution in [0.3, 0.4) is 0 Å². The molecule has 3 nitrogen and oxygen atoms in total. The van der Waals surface area contributed by atoms with Crippen molar-refractivity contribution in [1.82, 2.24) is 5.32 Å². The van der Waals surface area contributed by atoms with Crippen LogP contribution in [0, 0.1) is 11.8 Å². The minimum atomic E-state index is -4.20. The molecule has 6 heteroatoms. The van der Waals surface area contributed by atoms with Gasteiger partial charge in [0, 0.05) is 13.0 Å². The molecule has 0 aromatic rings. The van der Waals surface area contributed by atoms with Crippen LogP contribution in [0.4, 0.5) is 13.2 Å². The lowest BCUT2D eigenvalue weighted by Crippen LogP contribution is -2.41. The van der Waals surface area contributed by atoms with Crippen molar-refractivity contribution in [2.24, 2.45) is 11.8 Å². The molecule has 1 aliphatic heterocycles. The molecule has 0 saturated carbocycles. The maximum absolute atomic E-state index is 12.0. The van der Waals surface area contributed by atoms with Crippen molar-refractivity contribution in [2.45, 2.75) is 19.0 Å². The number of rotatable bonds is 2. The first-order valence-corrected chi connectivity index (χ1v) is 4.39. The highest BCUT2D eigenvalue weighted by Crippen LogP contribution is 2.29. The average molecular weight is 211 g/mol. The van der Waals surface area contributed by atoms with E-state index in [1.54, 1.807) is 0 Å². The maximum Gasteiger partial charge on any atom is 0.389 e. The largest absolute Gasteiger partial charge is 0.481 e. The van der Waals surface area contributed by atoms with Gasteiger partial charge in [0.05, 0.1) is 5.92 Å². The van der Waals surface area contributed by atoms with Crippen LogP contribution in [-0.4, -0.2) is 30.3 Å². The molecule has 0 spiro atoms. The van der Waals surface area contributed by atoms with Gasteiger partial charge in [-0.05, 0) is 18.9 Å². The fraction of sp³-hybridized carbons (Fsp3) is 0.875. The Labute approximate surface area is 79.3 Å². The lowest BCUT2D eigenvalue weighted by molar-refractivity contribution is -0.153. The minimum Gasteiger partial charge on any atom is -0.481 e. The molecule has 0 bridgehead atoms. The molecule has 1 rings (SSSR count). The lowest BCUT2D eigenvalue weighted by Gasteiger charge is -2.28. The zero-order valence-electron chi connectivity index (χ0n) is 7.47. The summed E-state index contributed by atoms with van der Waals surface area (Å²) in [6, 6.07) is 0. The molecule has 1 saturated heterocycles. The molecule has 0 aromatic heterocycles. The third-order valence-electron chi connectivity index (χ3n) is 2.31. The van der Waals surface area contributed by atoms with Crippen LogP contribution >= 0.6 is 0 Å². The van der Waals surface area contributed by atoms with Gasteiger partial charge >= 0.3 is 12.1 Å². The van der Waals surface area contributed by atoms with E-state index in [9.17, 15) is 18.0 Å². The molecule has 1 heterocycles. The van der Waals surface area contributed by atoms with Crippen LogP contribution in [0.5, 0.6) is 0 Å². The van der Waals surface area contributed by atoms with Crippen molar-refractivity contribution >= 4 is 5.97 Å². The Balaban J connectivity index is 2.44. The summed E-state index contributed by atoms with van der Waals surface area (Å²) >= 11 is 0. The fourth-order valence-electron chi connectivity index (χ4n) is 1.70. The Kier molecular flexibility index (Phi) is 3.36. The molecule has 0 amide bonds. The van der Waals surface area contributed by atoms with Crippen LogP contribution in [0.1, 0.15) is 12.8 Å². The van der Waals surface area contributed by atoms with Crippen LogP contribution < -0.4 is 5.32 Å². The predicted molar refractivity (Wildman–Crippen MR) is 42.8 cm³/mol. The smallest absolute Gasteiger partial charge is 0.389 e. The molecule has 2 N–H and O–H groups in total. The third kappa shape index (κ3) is 3.53. The van der Waals surface area contributed by atoms with Gasteiger partial charge in [-0.2, -0.15) is 13.2 Å². The number of nitrogens with one attached hydrogen (secondary N) is 1. The monoisotopic (exact) mass is 211 g/mol. The SMILES string of the molecule is O=C(O)C1CNCC(CC(F)(F)F)C1. The summed E-state index contributed by atoms with van der Waals surface area (Å²) in [4.78, 5) is 10.5. The first-order chi connectivity index (χ1) is 6.38. The minimum absolute atomic E-state index is 0.113. The van der Waals surface area contributed by atoms with Gasteiger partial charge in [0.1, 0.15) is 0 Å². The zero-order chi connectivity index (χ0) is 10.8. The van der Waals surface area contributed by atoms with Gasteiger partial charge in [-0.15, -0.1) is 0 Å². The summed E-state index contributed by atoms with van der Waals surface area (Å²) in [6.07, 6.45) is -4.99. The number of halogens is 3. The van der Waals surface area contributed by atoms with Crippen molar-refractivity contribution in [3.05, 3.63) is 0 Å². The van der Waals surface area contributed by atoms with Crippen LogP contribution in [-0.2, 0) is 4.79 Å². The Morgan fingerprint density at radius 1 is 1.43 bits per heavy atom. The standard InChI is InChI=1S/C8H12F3NO2/c9-8(10,11)2-5-1-6(7(13)14)4-12-3-5/h5-6,12H,1-4H2,(H,13,14). The summed E-state index contributed by atoms with van der Waals surface area (Å²) in [5.41, 5.74) is 0. The second-order valence-corrected chi connectivity index (χ2v) is 3.61. The summed E-state index contributed by atoms with van der Waals surface area (Å²) in [6.45, 7) is 0.521. The normalized spacial score (nSPS) is 28.8. The summed E-state index contributed by atoms with van der Waals surface area (Å²) in [5, 5.41) is 11.3.